The fourth-order valence-electron chi connectivity index (χ4n) is 2.78. The third kappa shape index (κ3) is 5.66. The summed E-state index contributed by atoms with van der Waals surface area (Å²) in [4.78, 5) is 14.9. The fraction of sp³-hybridized carbons (Fsp3) is 0.611. The van der Waals surface area contributed by atoms with Gasteiger partial charge in [-0.25, -0.2) is 4.79 Å². The number of hydrogen-bond acceptors (Lipinski definition) is 7. The van der Waals surface area contributed by atoms with Crippen LogP contribution in [0.4, 0.5) is 0 Å². The maximum atomic E-state index is 12.1. The number of esters is 1. The van der Waals surface area contributed by atoms with E-state index in [0.717, 1.165) is 12.8 Å². The quantitative estimate of drug-likeness (QED) is 0.231. The van der Waals surface area contributed by atoms with Gasteiger partial charge in [0, 0.05) is 18.6 Å². The van der Waals surface area contributed by atoms with Crippen molar-refractivity contribution in [2.45, 2.75) is 50.4 Å². The first-order chi connectivity index (χ1) is 13.1. The van der Waals surface area contributed by atoms with Crippen molar-refractivity contribution in [2.24, 2.45) is 5.11 Å². The molecule has 1 saturated heterocycles. The van der Waals surface area contributed by atoms with Crippen LogP contribution in [-0.4, -0.2) is 62.0 Å². The molecular weight excluding hydrogens is 354 g/mol. The van der Waals surface area contributed by atoms with E-state index >= 15 is 0 Å². The molecule has 0 aromatic heterocycles. The predicted molar refractivity (Wildman–Crippen MR) is 96.0 cm³/mol. The van der Waals surface area contributed by atoms with Crippen molar-refractivity contribution in [1.82, 2.24) is 0 Å². The highest BCUT2D eigenvalue weighted by atomic mass is 16.7. The number of hydrogen-bond donors (Lipinski definition) is 1. The van der Waals surface area contributed by atoms with Crippen LogP contribution in [0.2, 0.25) is 0 Å². The lowest BCUT2D eigenvalue weighted by atomic mass is 9.97. The van der Waals surface area contributed by atoms with Gasteiger partial charge in [0.15, 0.2) is 6.29 Å². The second-order valence-electron chi connectivity index (χ2n) is 6.12. The largest absolute Gasteiger partial charge is 0.459 e. The maximum absolute atomic E-state index is 12.1. The standard InChI is InChI=1S/C18H25N3O6/c1-3-4-10-25-16-14(20-21-19)15(22)13(27-18(16)24-2)11-26-17(23)12-8-6-5-7-9-12/h5-9,13-16,18,22H,3-4,10-11H2,1-2H3/t13?,14?,15-,16?,18+/m1/s1. The summed E-state index contributed by atoms with van der Waals surface area (Å²) in [6.45, 7) is 2.22. The normalized spacial score (nSPS) is 27.6. The Labute approximate surface area is 157 Å². The number of nitrogens with zero attached hydrogens (tertiary/aromatic N) is 3. The monoisotopic (exact) mass is 379 g/mol. The highest BCUT2D eigenvalue weighted by Crippen LogP contribution is 2.27. The molecule has 27 heavy (non-hydrogen) atoms. The van der Waals surface area contributed by atoms with Gasteiger partial charge >= 0.3 is 5.97 Å². The van der Waals surface area contributed by atoms with Crippen molar-refractivity contribution in [1.29, 1.82) is 0 Å². The van der Waals surface area contributed by atoms with Gasteiger partial charge in [-0.2, -0.15) is 0 Å². The van der Waals surface area contributed by atoms with Crippen LogP contribution in [0, 0.1) is 0 Å². The highest BCUT2D eigenvalue weighted by molar-refractivity contribution is 5.89. The van der Waals surface area contributed by atoms with Crippen LogP contribution < -0.4 is 0 Å². The lowest BCUT2D eigenvalue weighted by Gasteiger charge is -2.42. The average molecular weight is 379 g/mol. The van der Waals surface area contributed by atoms with Gasteiger partial charge in [0.05, 0.1) is 17.7 Å². The van der Waals surface area contributed by atoms with E-state index in [1.165, 1.54) is 7.11 Å². The van der Waals surface area contributed by atoms with Crippen LogP contribution >= 0.6 is 0 Å². The summed E-state index contributed by atoms with van der Waals surface area (Å²) in [5.74, 6) is -0.540. The summed E-state index contributed by atoms with van der Waals surface area (Å²) in [6, 6.07) is 7.55. The number of methoxy groups -OCH3 is 1. The van der Waals surface area contributed by atoms with Crippen molar-refractivity contribution >= 4 is 5.97 Å². The third-order valence-corrected chi connectivity index (χ3v) is 4.26. The highest BCUT2D eigenvalue weighted by Gasteiger charge is 2.46. The van der Waals surface area contributed by atoms with Crippen molar-refractivity contribution in [2.75, 3.05) is 20.3 Å². The van der Waals surface area contributed by atoms with Crippen molar-refractivity contribution in [3.63, 3.8) is 0 Å². The Hall–Kier alpha value is -2.16. The van der Waals surface area contributed by atoms with Gasteiger partial charge in [-0.3, -0.25) is 0 Å². The van der Waals surface area contributed by atoms with E-state index in [-0.39, 0.29) is 6.61 Å². The Kier molecular flexibility index (Phi) is 8.50. The fourth-order valence-corrected chi connectivity index (χ4v) is 2.78. The van der Waals surface area contributed by atoms with Crippen LogP contribution in [0.3, 0.4) is 0 Å². The summed E-state index contributed by atoms with van der Waals surface area (Å²) in [5.41, 5.74) is 9.25. The summed E-state index contributed by atoms with van der Waals surface area (Å²) in [5, 5.41) is 14.2. The Morgan fingerprint density at radius 2 is 2.11 bits per heavy atom. The zero-order chi connectivity index (χ0) is 19.6. The molecule has 0 amide bonds. The number of carbonyl (C=O) groups is 1. The lowest BCUT2D eigenvalue weighted by Crippen LogP contribution is -2.59. The summed E-state index contributed by atoms with van der Waals surface area (Å²) in [6.07, 6.45) is -2.00. The van der Waals surface area contributed by atoms with Gasteiger partial charge in [-0.05, 0) is 24.1 Å². The molecule has 3 unspecified atom stereocenters. The van der Waals surface area contributed by atoms with Gasteiger partial charge in [0.25, 0.3) is 0 Å². The van der Waals surface area contributed by atoms with Crippen LogP contribution in [0.5, 0.6) is 0 Å². The number of benzene rings is 1. The van der Waals surface area contributed by atoms with Crippen LogP contribution in [0.25, 0.3) is 10.4 Å². The van der Waals surface area contributed by atoms with Gasteiger partial charge in [0.2, 0.25) is 0 Å². The number of rotatable bonds is 9. The molecule has 1 aromatic rings. The van der Waals surface area contributed by atoms with Crippen LogP contribution in [0.15, 0.2) is 35.4 Å². The average Bonchev–Trinajstić information content (AvgIpc) is 2.70. The molecule has 148 valence electrons. The lowest BCUT2D eigenvalue weighted by molar-refractivity contribution is -0.277. The summed E-state index contributed by atoms with van der Waals surface area (Å²) in [7, 11) is 1.43. The SMILES string of the molecule is CCCCOC1C(N=[N+]=[N-])[C@H](O)C(COC(=O)c2ccccc2)O[C@@H]1OC. The molecule has 9 nitrogen and oxygen atoms in total. The molecule has 0 saturated carbocycles. The molecule has 5 atom stereocenters. The number of carbonyl (C=O) groups excluding carboxylic acids is 1. The Bertz CT molecular complexity index is 637. The van der Waals surface area contributed by atoms with Gasteiger partial charge in [0.1, 0.15) is 18.8 Å². The molecule has 1 fully saturated rings. The van der Waals surface area contributed by atoms with Crippen molar-refractivity contribution in [3.8, 4) is 0 Å². The first-order valence-corrected chi connectivity index (χ1v) is 8.86. The second-order valence-corrected chi connectivity index (χ2v) is 6.12. The molecular formula is C18H25N3O6. The first-order valence-electron chi connectivity index (χ1n) is 8.86. The van der Waals surface area contributed by atoms with E-state index in [9.17, 15) is 9.90 Å². The topological polar surface area (TPSA) is 123 Å². The Morgan fingerprint density at radius 1 is 1.37 bits per heavy atom. The molecule has 0 radical (unpaired) electrons. The number of azide groups is 1. The maximum Gasteiger partial charge on any atom is 0.338 e. The van der Waals surface area contributed by atoms with E-state index in [1.54, 1.807) is 30.3 Å². The van der Waals surface area contributed by atoms with Gasteiger partial charge < -0.3 is 24.1 Å². The number of unbranched alkanes of at least 4 members (excludes halogenated alkanes) is 1. The molecule has 2 rings (SSSR count). The Balaban J connectivity index is 2.05. The predicted octanol–water partition coefficient (Wildman–Crippen LogP) is 2.44. The summed E-state index contributed by atoms with van der Waals surface area (Å²) >= 11 is 0. The number of aliphatic hydroxyl groups excluding tert-OH is 1. The van der Waals surface area contributed by atoms with Crippen LogP contribution in [-0.2, 0) is 18.9 Å². The molecule has 1 aliphatic rings. The zero-order valence-electron chi connectivity index (χ0n) is 15.4. The van der Waals surface area contributed by atoms with Crippen molar-refractivity contribution in [3.05, 3.63) is 46.3 Å². The van der Waals surface area contributed by atoms with Crippen LogP contribution in [0.1, 0.15) is 30.1 Å². The van der Waals surface area contributed by atoms with Gasteiger partial charge in [-0.15, -0.1) is 0 Å². The molecule has 1 aliphatic heterocycles. The van der Waals surface area contributed by atoms with E-state index in [0.29, 0.717) is 12.2 Å². The molecule has 1 N–H and O–H groups in total. The smallest absolute Gasteiger partial charge is 0.338 e. The first kappa shape index (κ1) is 21.1. The molecule has 1 aromatic carbocycles. The van der Waals surface area contributed by atoms with E-state index in [2.05, 4.69) is 10.0 Å². The number of aliphatic hydroxyl groups is 1. The minimum atomic E-state index is -1.21. The molecule has 0 bridgehead atoms. The zero-order valence-corrected chi connectivity index (χ0v) is 15.4. The van der Waals surface area contributed by atoms with Gasteiger partial charge in [-0.1, -0.05) is 36.7 Å². The second kappa shape index (κ2) is 10.9. The minimum absolute atomic E-state index is 0.214. The molecule has 0 aliphatic carbocycles. The summed E-state index contributed by atoms with van der Waals surface area (Å²) < 4.78 is 22.0. The van der Waals surface area contributed by atoms with E-state index in [1.807, 2.05) is 6.92 Å². The Morgan fingerprint density at radius 3 is 2.74 bits per heavy atom. The number of ether oxygens (including phenoxy) is 4. The van der Waals surface area contributed by atoms with E-state index in [4.69, 9.17) is 24.5 Å². The third-order valence-electron chi connectivity index (χ3n) is 4.26. The van der Waals surface area contributed by atoms with Crippen molar-refractivity contribution < 1.29 is 28.8 Å². The molecule has 1 heterocycles. The molecule has 0 spiro atoms. The minimum Gasteiger partial charge on any atom is -0.459 e. The van der Waals surface area contributed by atoms with E-state index < -0.39 is 36.6 Å². The molecule has 9 heteroatoms.